The molecule has 206 valence electrons. The van der Waals surface area contributed by atoms with E-state index < -0.39 is 8.32 Å². The fourth-order valence-corrected chi connectivity index (χ4v) is 8.67. The van der Waals surface area contributed by atoms with E-state index in [-0.39, 0.29) is 22.7 Å². The molecule has 2 fully saturated rings. The van der Waals surface area contributed by atoms with E-state index in [2.05, 4.69) is 88.3 Å². The minimum Gasteiger partial charge on any atom is -0.541 e. The first kappa shape index (κ1) is 26.4. The summed E-state index contributed by atoms with van der Waals surface area (Å²) in [6, 6.07) is 15.5. The molecule has 6 atom stereocenters. The molecule has 0 radical (unpaired) electrons. The highest BCUT2D eigenvalue weighted by molar-refractivity contribution is 6.74. The summed E-state index contributed by atoms with van der Waals surface area (Å²) in [5, 5.41) is 0.122. The van der Waals surface area contributed by atoms with E-state index in [0.717, 1.165) is 37.3 Å². The molecule has 1 saturated heterocycles. The van der Waals surface area contributed by atoms with Crippen LogP contribution in [0.4, 0.5) is 0 Å². The van der Waals surface area contributed by atoms with Gasteiger partial charge in [-0.1, -0.05) is 57.2 Å². The molecule has 0 aromatic heterocycles. The van der Waals surface area contributed by atoms with Gasteiger partial charge in [-0.15, -0.1) is 0 Å². The fourth-order valence-electron chi connectivity index (χ4n) is 7.65. The predicted octanol–water partition coefficient (Wildman–Crippen LogP) is 6.20. The number of nitrogens with zero attached hydrogens (tertiary/aromatic N) is 1. The summed E-state index contributed by atoms with van der Waals surface area (Å²) >= 11 is 0. The Morgan fingerprint density at radius 1 is 1.11 bits per heavy atom. The van der Waals surface area contributed by atoms with Gasteiger partial charge < -0.3 is 23.5 Å². The zero-order valence-electron chi connectivity index (χ0n) is 24.3. The predicted molar refractivity (Wildman–Crippen MR) is 154 cm³/mol. The molecule has 2 aliphatic heterocycles. The summed E-state index contributed by atoms with van der Waals surface area (Å²) in [6.45, 7) is 14.0. The Balaban J connectivity index is 1.36. The SMILES string of the molecule is COC1[C@@H](COCc2ccccc2)CC2[C@H]3Cc4ccc(O[Si](C)(C)C(C)(C)C)c5c4[C@@]2(CCN3C)[C@H]1O5. The van der Waals surface area contributed by atoms with Crippen LogP contribution >= 0.6 is 0 Å². The van der Waals surface area contributed by atoms with Gasteiger partial charge in [-0.2, -0.15) is 0 Å². The molecular weight excluding hydrogens is 490 g/mol. The molecular formula is C32H45NO4Si. The molecule has 5 nitrogen and oxygen atoms in total. The number of piperidine rings is 1. The third-order valence-electron chi connectivity index (χ3n) is 10.6. The highest BCUT2D eigenvalue weighted by Gasteiger charge is 2.67. The maximum atomic E-state index is 7.10. The summed E-state index contributed by atoms with van der Waals surface area (Å²) in [5.74, 6) is 2.78. The Morgan fingerprint density at radius 3 is 2.58 bits per heavy atom. The number of hydrogen-bond acceptors (Lipinski definition) is 5. The van der Waals surface area contributed by atoms with Crippen LogP contribution in [0.3, 0.4) is 0 Å². The van der Waals surface area contributed by atoms with Gasteiger partial charge in [0, 0.05) is 30.0 Å². The van der Waals surface area contributed by atoms with Crippen LogP contribution < -0.4 is 9.16 Å². The van der Waals surface area contributed by atoms with Crippen molar-refractivity contribution in [3.63, 3.8) is 0 Å². The van der Waals surface area contributed by atoms with Crippen LogP contribution in [0.1, 0.15) is 50.3 Å². The van der Waals surface area contributed by atoms with Crippen molar-refractivity contribution in [2.75, 3.05) is 27.3 Å². The smallest absolute Gasteiger partial charge is 0.250 e. The molecule has 0 N–H and O–H groups in total. The fraction of sp³-hybridized carbons (Fsp3) is 0.625. The van der Waals surface area contributed by atoms with Crippen LogP contribution in [-0.2, 0) is 27.9 Å². The number of ether oxygens (including phenoxy) is 3. The lowest BCUT2D eigenvalue weighted by Crippen LogP contribution is -2.68. The van der Waals surface area contributed by atoms with Crippen molar-refractivity contribution >= 4 is 8.32 Å². The third-order valence-corrected chi connectivity index (χ3v) is 15.0. The van der Waals surface area contributed by atoms with Crippen LogP contribution in [0, 0.1) is 11.8 Å². The van der Waals surface area contributed by atoms with Gasteiger partial charge in [0.15, 0.2) is 5.75 Å². The number of rotatable bonds is 7. The van der Waals surface area contributed by atoms with Crippen LogP contribution in [0.25, 0.3) is 0 Å². The van der Waals surface area contributed by atoms with Crippen LogP contribution in [-0.4, -0.2) is 58.8 Å². The number of hydrogen-bond donors (Lipinski definition) is 0. The van der Waals surface area contributed by atoms with Crippen LogP contribution in [0.5, 0.6) is 11.5 Å². The van der Waals surface area contributed by atoms with Gasteiger partial charge in [-0.25, -0.2) is 0 Å². The second-order valence-electron chi connectivity index (χ2n) is 13.7. The van der Waals surface area contributed by atoms with Crippen LogP contribution in [0.2, 0.25) is 18.1 Å². The molecule has 4 aliphatic rings. The summed E-state index contributed by atoms with van der Waals surface area (Å²) in [5.41, 5.74) is 4.10. The first-order chi connectivity index (χ1) is 18.1. The summed E-state index contributed by atoms with van der Waals surface area (Å²) < 4.78 is 26.7. The molecule has 2 aliphatic carbocycles. The first-order valence-electron chi connectivity index (χ1n) is 14.4. The zero-order valence-corrected chi connectivity index (χ0v) is 25.3. The summed E-state index contributed by atoms with van der Waals surface area (Å²) in [7, 11) is 2.15. The van der Waals surface area contributed by atoms with Crippen molar-refractivity contribution in [3.8, 4) is 11.5 Å². The second kappa shape index (κ2) is 9.36. The standard InChI is InChI=1S/C32H45NO4Si/c1-31(2,3)38(6,7)37-26-14-13-22-18-25-24-17-23(20-35-19-21-11-9-8-10-12-21)28(34-5)30-32(24,15-16-33(25)4)27(22)29(26)36-30/h8-14,23-25,28,30H,15-20H2,1-7H3/t23-,24?,25-,28?,30+,32+/m1/s1. The lowest BCUT2D eigenvalue weighted by atomic mass is 9.50. The molecule has 38 heavy (non-hydrogen) atoms. The Hall–Kier alpha value is -1.86. The highest BCUT2D eigenvalue weighted by atomic mass is 28.4. The minimum atomic E-state index is -2.03. The van der Waals surface area contributed by atoms with Crippen molar-refractivity contribution in [1.82, 2.24) is 4.90 Å². The lowest BCUT2D eigenvalue weighted by Gasteiger charge is -2.60. The van der Waals surface area contributed by atoms with E-state index in [4.69, 9.17) is 18.6 Å². The average Bonchev–Trinajstić information content (AvgIpc) is 3.22. The molecule has 2 aromatic rings. The minimum absolute atomic E-state index is 0.00834. The zero-order chi connectivity index (χ0) is 26.9. The van der Waals surface area contributed by atoms with E-state index in [0.29, 0.717) is 31.1 Å². The molecule has 1 saturated carbocycles. The van der Waals surface area contributed by atoms with Crippen molar-refractivity contribution in [1.29, 1.82) is 0 Å². The Labute approximate surface area is 229 Å². The third kappa shape index (κ3) is 3.97. The maximum Gasteiger partial charge on any atom is 0.250 e. The van der Waals surface area contributed by atoms with Gasteiger partial charge in [0.05, 0.1) is 19.3 Å². The Morgan fingerprint density at radius 2 is 1.87 bits per heavy atom. The molecule has 6 heteroatoms. The Kier molecular flexibility index (Phi) is 6.49. The molecule has 6 rings (SSSR count). The van der Waals surface area contributed by atoms with Crippen molar-refractivity contribution in [2.24, 2.45) is 11.8 Å². The van der Waals surface area contributed by atoms with E-state index in [1.165, 1.54) is 16.7 Å². The number of benzene rings is 2. The second-order valence-corrected chi connectivity index (χ2v) is 18.4. The monoisotopic (exact) mass is 535 g/mol. The van der Waals surface area contributed by atoms with Gasteiger partial charge in [0.25, 0.3) is 8.32 Å². The molecule has 0 amide bonds. The lowest BCUT2D eigenvalue weighted by molar-refractivity contribution is -0.151. The Bertz CT molecular complexity index is 1180. The van der Waals surface area contributed by atoms with Gasteiger partial charge >= 0.3 is 0 Å². The largest absolute Gasteiger partial charge is 0.541 e. The molecule has 2 heterocycles. The van der Waals surface area contributed by atoms with Crippen molar-refractivity contribution < 1.29 is 18.6 Å². The van der Waals surface area contributed by atoms with Gasteiger partial charge in [-0.3, -0.25) is 0 Å². The van der Waals surface area contributed by atoms with Gasteiger partial charge in [0.2, 0.25) is 0 Å². The van der Waals surface area contributed by atoms with E-state index in [1.54, 1.807) is 0 Å². The first-order valence-corrected chi connectivity index (χ1v) is 17.3. The quantitative estimate of drug-likeness (QED) is 0.395. The summed E-state index contributed by atoms with van der Waals surface area (Å²) in [6.07, 6.45) is 3.28. The topological polar surface area (TPSA) is 40.2 Å². The van der Waals surface area contributed by atoms with Gasteiger partial charge in [0.1, 0.15) is 11.9 Å². The highest BCUT2D eigenvalue weighted by Crippen LogP contribution is 2.65. The molecule has 1 spiro atoms. The van der Waals surface area contributed by atoms with E-state index in [9.17, 15) is 0 Å². The normalized spacial score (nSPS) is 32.0. The molecule has 2 bridgehead atoms. The molecule has 2 aromatic carbocycles. The molecule has 2 unspecified atom stereocenters. The van der Waals surface area contributed by atoms with Gasteiger partial charge in [-0.05, 0) is 74.1 Å². The number of likely N-dealkylation sites (N-methyl/N-ethyl adjacent to an activating group) is 1. The van der Waals surface area contributed by atoms with Crippen LogP contribution in [0.15, 0.2) is 42.5 Å². The number of methoxy groups -OCH3 is 1. The van der Waals surface area contributed by atoms with Crippen molar-refractivity contribution in [3.05, 3.63) is 59.2 Å². The average molecular weight is 536 g/mol. The maximum absolute atomic E-state index is 7.10. The summed E-state index contributed by atoms with van der Waals surface area (Å²) in [4.78, 5) is 2.60. The van der Waals surface area contributed by atoms with Crippen molar-refractivity contribution in [2.45, 2.75) is 88.4 Å². The van der Waals surface area contributed by atoms with E-state index in [1.807, 2.05) is 7.11 Å². The van der Waals surface area contributed by atoms with E-state index >= 15 is 0 Å². The number of likely N-dealkylation sites (tertiary alicyclic amines) is 1.